The first-order valence-corrected chi connectivity index (χ1v) is 7.22. The number of nitrogens with one attached hydrogen (secondary N) is 1. The SMILES string of the molecule is CC(Cc1ccccc1)N[C@@H](C)COc1ccccc1. The number of hydrogen-bond donors (Lipinski definition) is 1. The maximum atomic E-state index is 5.76. The van der Waals surface area contributed by atoms with Gasteiger partial charge in [-0.2, -0.15) is 0 Å². The number of para-hydroxylation sites is 1. The predicted octanol–water partition coefficient (Wildman–Crippen LogP) is 3.67. The van der Waals surface area contributed by atoms with E-state index in [1.165, 1.54) is 5.56 Å². The molecule has 0 amide bonds. The molecule has 0 aliphatic heterocycles. The molecule has 2 rings (SSSR count). The van der Waals surface area contributed by atoms with Gasteiger partial charge >= 0.3 is 0 Å². The molecule has 2 heteroatoms. The lowest BCUT2D eigenvalue weighted by molar-refractivity contribution is 0.263. The first-order valence-electron chi connectivity index (χ1n) is 7.22. The van der Waals surface area contributed by atoms with Crippen LogP contribution < -0.4 is 10.1 Å². The van der Waals surface area contributed by atoms with E-state index in [1.807, 2.05) is 30.3 Å². The second kappa shape index (κ2) is 7.71. The quantitative estimate of drug-likeness (QED) is 0.828. The van der Waals surface area contributed by atoms with Crippen LogP contribution in [0.2, 0.25) is 0 Å². The van der Waals surface area contributed by atoms with Gasteiger partial charge in [-0.25, -0.2) is 0 Å². The van der Waals surface area contributed by atoms with Crippen LogP contribution in [0.1, 0.15) is 19.4 Å². The second-order valence-electron chi connectivity index (χ2n) is 5.28. The molecular formula is C18H23NO. The van der Waals surface area contributed by atoms with E-state index >= 15 is 0 Å². The summed E-state index contributed by atoms with van der Waals surface area (Å²) in [5.74, 6) is 0.928. The molecule has 0 bridgehead atoms. The largest absolute Gasteiger partial charge is 0.492 e. The van der Waals surface area contributed by atoms with Gasteiger partial charge in [0.25, 0.3) is 0 Å². The van der Waals surface area contributed by atoms with Gasteiger partial charge in [-0.1, -0.05) is 48.5 Å². The van der Waals surface area contributed by atoms with Crippen LogP contribution in [0.15, 0.2) is 60.7 Å². The fourth-order valence-corrected chi connectivity index (χ4v) is 2.30. The lowest BCUT2D eigenvalue weighted by Gasteiger charge is -2.20. The van der Waals surface area contributed by atoms with E-state index in [1.54, 1.807) is 0 Å². The smallest absolute Gasteiger partial charge is 0.119 e. The maximum absolute atomic E-state index is 5.76. The summed E-state index contributed by atoms with van der Waals surface area (Å²) in [5.41, 5.74) is 1.36. The van der Waals surface area contributed by atoms with E-state index in [9.17, 15) is 0 Å². The van der Waals surface area contributed by atoms with Crippen molar-refractivity contribution in [2.24, 2.45) is 0 Å². The molecule has 0 saturated carbocycles. The van der Waals surface area contributed by atoms with Crippen molar-refractivity contribution < 1.29 is 4.74 Å². The van der Waals surface area contributed by atoms with Crippen LogP contribution >= 0.6 is 0 Å². The molecule has 0 aliphatic rings. The van der Waals surface area contributed by atoms with Crippen molar-refractivity contribution >= 4 is 0 Å². The van der Waals surface area contributed by atoms with Crippen molar-refractivity contribution in [3.63, 3.8) is 0 Å². The van der Waals surface area contributed by atoms with Crippen molar-refractivity contribution in [3.8, 4) is 5.75 Å². The summed E-state index contributed by atoms with van der Waals surface area (Å²) in [6.07, 6.45) is 1.04. The lowest BCUT2D eigenvalue weighted by Crippen LogP contribution is -2.39. The van der Waals surface area contributed by atoms with Crippen LogP contribution in [0.3, 0.4) is 0 Å². The molecular weight excluding hydrogens is 246 g/mol. The van der Waals surface area contributed by atoms with Crippen LogP contribution in [0.25, 0.3) is 0 Å². The van der Waals surface area contributed by atoms with Crippen molar-refractivity contribution in [1.82, 2.24) is 5.32 Å². The van der Waals surface area contributed by atoms with E-state index < -0.39 is 0 Å². The summed E-state index contributed by atoms with van der Waals surface area (Å²) in [6, 6.07) is 21.3. The molecule has 106 valence electrons. The first-order chi connectivity index (χ1) is 9.74. The maximum Gasteiger partial charge on any atom is 0.119 e. The molecule has 2 atom stereocenters. The van der Waals surface area contributed by atoms with Crippen molar-refractivity contribution in [1.29, 1.82) is 0 Å². The summed E-state index contributed by atoms with van der Waals surface area (Å²) < 4.78 is 5.76. The zero-order valence-electron chi connectivity index (χ0n) is 12.3. The first kappa shape index (κ1) is 14.6. The number of rotatable bonds is 7. The van der Waals surface area contributed by atoms with E-state index in [-0.39, 0.29) is 0 Å². The van der Waals surface area contributed by atoms with Crippen molar-refractivity contribution in [2.45, 2.75) is 32.4 Å². The highest BCUT2D eigenvalue weighted by Crippen LogP contribution is 2.09. The fraction of sp³-hybridized carbons (Fsp3) is 0.333. The number of benzene rings is 2. The van der Waals surface area contributed by atoms with Gasteiger partial charge in [0.05, 0.1) is 0 Å². The van der Waals surface area contributed by atoms with Crippen LogP contribution in [0, 0.1) is 0 Å². The Morgan fingerprint density at radius 1 is 0.850 bits per heavy atom. The molecule has 0 radical (unpaired) electrons. The van der Waals surface area contributed by atoms with Crippen LogP contribution in [-0.2, 0) is 6.42 Å². The molecule has 0 aliphatic carbocycles. The van der Waals surface area contributed by atoms with Gasteiger partial charge in [0.2, 0.25) is 0 Å². The molecule has 1 unspecified atom stereocenters. The summed E-state index contributed by atoms with van der Waals surface area (Å²) in [4.78, 5) is 0. The van der Waals surface area contributed by atoms with E-state index in [0.717, 1.165) is 12.2 Å². The van der Waals surface area contributed by atoms with Crippen LogP contribution in [0.4, 0.5) is 0 Å². The van der Waals surface area contributed by atoms with Gasteiger partial charge in [0.1, 0.15) is 12.4 Å². The molecule has 0 heterocycles. The Labute approximate surface area is 121 Å². The highest BCUT2D eigenvalue weighted by atomic mass is 16.5. The minimum absolute atomic E-state index is 0.328. The van der Waals surface area contributed by atoms with Gasteiger partial charge in [-0.3, -0.25) is 0 Å². The molecule has 0 saturated heterocycles. The zero-order valence-corrected chi connectivity index (χ0v) is 12.3. The molecule has 2 nitrogen and oxygen atoms in total. The van der Waals surface area contributed by atoms with Crippen LogP contribution in [0.5, 0.6) is 5.75 Å². The minimum atomic E-state index is 0.328. The van der Waals surface area contributed by atoms with Crippen molar-refractivity contribution in [2.75, 3.05) is 6.61 Å². The standard InChI is InChI=1S/C18H23NO/c1-15(13-17-9-5-3-6-10-17)19-16(2)14-20-18-11-7-4-8-12-18/h3-12,15-16,19H,13-14H2,1-2H3/t15?,16-/m0/s1. The predicted molar refractivity (Wildman–Crippen MR) is 84.1 cm³/mol. The highest BCUT2D eigenvalue weighted by Gasteiger charge is 2.08. The van der Waals surface area contributed by atoms with Gasteiger partial charge in [0.15, 0.2) is 0 Å². The molecule has 0 spiro atoms. The summed E-state index contributed by atoms with van der Waals surface area (Å²) in [6.45, 7) is 5.06. The minimum Gasteiger partial charge on any atom is -0.492 e. The highest BCUT2D eigenvalue weighted by molar-refractivity contribution is 5.21. The zero-order chi connectivity index (χ0) is 14.2. The summed E-state index contributed by atoms with van der Waals surface area (Å²) in [5, 5.41) is 3.57. The molecule has 0 aromatic heterocycles. The Morgan fingerprint density at radius 3 is 2.10 bits per heavy atom. The molecule has 1 N–H and O–H groups in total. The van der Waals surface area contributed by atoms with E-state index in [4.69, 9.17) is 4.74 Å². The Kier molecular flexibility index (Phi) is 5.63. The molecule has 20 heavy (non-hydrogen) atoms. The molecule has 2 aromatic carbocycles. The average Bonchev–Trinajstić information content (AvgIpc) is 2.47. The Bertz CT molecular complexity index is 483. The normalized spacial score (nSPS) is 13.7. The Balaban J connectivity index is 1.72. The van der Waals surface area contributed by atoms with Gasteiger partial charge < -0.3 is 10.1 Å². The Hall–Kier alpha value is -1.80. The van der Waals surface area contributed by atoms with Crippen LogP contribution in [-0.4, -0.2) is 18.7 Å². The summed E-state index contributed by atoms with van der Waals surface area (Å²) >= 11 is 0. The van der Waals surface area contributed by atoms with E-state index in [0.29, 0.717) is 18.7 Å². The van der Waals surface area contributed by atoms with Gasteiger partial charge in [-0.15, -0.1) is 0 Å². The van der Waals surface area contributed by atoms with E-state index in [2.05, 4.69) is 49.5 Å². The number of hydrogen-bond acceptors (Lipinski definition) is 2. The van der Waals surface area contributed by atoms with Crippen molar-refractivity contribution in [3.05, 3.63) is 66.2 Å². The topological polar surface area (TPSA) is 21.3 Å². The average molecular weight is 269 g/mol. The summed E-state index contributed by atoms with van der Waals surface area (Å²) in [7, 11) is 0. The molecule has 2 aromatic rings. The van der Waals surface area contributed by atoms with Gasteiger partial charge in [-0.05, 0) is 38.0 Å². The van der Waals surface area contributed by atoms with Gasteiger partial charge in [0, 0.05) is 12.1 Å². The molecule has 0 fully saturated rings. The third kappa shape index (κ3) is 5.06. The third-order valence-electron chi connectivity index (χ3n) is 3.20. The fourth-order valence-electron chi connectivity index (χ4n) is 2.30. The third-order valence-corrected chi connectivity index (χ3v) is 3.20. The number of ether oxygens (including phenoxy) is 1. The second-order valence-corrected chi connectivity index (χ2v) is 5.28. The monoisotopic (exact) mass is 269 g/mol. The lowest BCUT2D eigenvalue weighted by atomic mass is 10.1. The Morgan fingerprint density at radius 2 is 1.45 bits per heavy atom.